The molecule has 14 heavy (non-hydrogen) atoms. The van der Waals surface area contributed by atoms with E-state index in [0.29, 0.717) is 5.82 Å². The number of hydrogen-bond donors (Lipinski definition) is 1. The van der Waals surface area contributed by atoms with Gasteiger partial charge < -0.3 is 5.73 Å². The van der Waals surface area contributed by atoms with Crippen LogP contribution in [0, 0.1) is 0 Å². The Labute approximate surface area is 89.9 Å². The molecule has 2 rings (SSSR count). The van der Waals surface area contributed by atoms with Crippen LogP contribution < -0.4 is 5.73 Å². The van der Waals surface area contributed by atoms with Crippen LogP contribution in [0.1, 0.15) is 0 Å². The minimum absolute atomic E-state index is 0.635. The first kappa shape index (κ1) is 9.21. The third-order valence-electron chi connectivity index (χ3n) is 1.95. The molecule has 0 fully saturated rings. The normalized spacial score (nSPS) is 10.4. The maximum absolute atomic E-state index is 5.69. The molecule has 0 spiro atoms. The highest BCUT2D eigenvalue weighted by molar-refractivity contribution is 9.10. The second-order valence-electron chi connectivity index (χ2n) is 2.92. The second-order valence-corrected chi connectivity index (χ2v) is 3.67. The maximum atomic E-state index is 5.69. The SMILES string of the molecule is Cn1nc(-c2cccnc2Br)cc1N. The number of nitrogens with two attached hydrogens (primary N) is 1. The number of pyridine rings is 1. The number of hydrogen-bond acceptors (Lipinski definition) is 3. The van der Waals surface area contributed by atoms with Gasteiger partial charge in [0, 0.05) is 24.9 Å². The van der Waals surface area contributed by atoms with Gasteiger partial charge in [-0.15, -0.1) is 0 Å². The van der Waals surface area contributed by atoms with Crippen LogP contribution in [0.2, 0.25) is 0 Å². The summed E-state index contributed by atoms with van der Waals surface area (Å²) in [5, 5.41) is 4.26. The minimum atomic E-state index is 0.635. The Hall–Kier alpha value is -1.36. The van der Waals surface area contributed by atoms with Crippen molar-refractivity contribution in [2.24, 2.45) is 7.05 Å². The molecule has 2 aromatic heterocycles. The standard InChI is InChI=1S/C9H9BrN4/c1-14-8(11)5-7(13-14)6-3-2-4-12-9(6)10/h2-5H,11H2,1H3. The van der Waals surface area contributed by atoms with Gasteiger partial charge in [0.2, 0.25) is 0 Å². The van der Waals surface area contributed by atoms with Gasteiger partial charge in [0.1, 0.15) is 10.4 Å². The molecule has 0 unspecified atom stereocenters. The van der Waals surface area contributed by atoms with Gasteiger partial charge in [-0.05, 0) is 28.1 Å². The highest BCUT2D eigenvalue weighted by Crippen LogP contribution is 2.25. The molecule has 72 valence electrons. The van der Waals surface area contributed by atoms with Gasteiger partial charge >= 0.3 is 0 Å². The summed E-state index contributed by atoms with van der Waals surface area (Å²) in [4.78, 5) is 4.12. The summed E-state index contributed by atoms with van der Waals surface area (Å²) < 4.78 is 2.41. The summed E-state index contributed by atoms with van der Waals surface area (Å²) >= 11 is 3.37. The predicted octanol–water partition coefficient (Wildman–Crippen LogP) is 1.83. The fourth-order valence-corrected chi connectivity index (χ4v) is 1.64. The molecule has 0 saturated heterocycles. The molecule has 4 nitrogen and oxygen atoms in total. The van der Waals surface area contributed by atoms with Crippen LogP contribution in [0.4, 0.5) is 5.82 Å². The third kappa shape index (κ3) is 1.50. The van der Waals surface area contributed by atoms with Crippen LogP contribution in [0.15, 0.2) is 29.0 Å². The lowest BCUT2D eigenvalue weighted by Crippen LogP contribution is -1.96. The first-order chi connectivity index (χ1) is 6.68. The van der Waals surface area contributed by atoms with E-state index in [2.05, 4.69) is 26.0 Å². The van der Waals surface area contributed by atoms with Gasteiger partial charge in [-0.1, -0.05) is 0 Å². The fourth-order valence-electron chi connectivity index (χ4n) is 1.19. The number of aromatic nitrogens is 3. The van der Waals surface area contributed by atoms with Gasteiger partial charge in [0.25, 0.3) is 0 Å². The zero-order valence-electron chi connectivity index (χ0n) is 7.61. The number of nitrogen functional groups attached to an aromatic ring is 1. The first-order valence-corrected chi connectivity index (χ1v) is 4.88. The molecule has 5 heteroatoms. The summed E-state index contributed by atoms with van der Waals surface area (Å²) in [6, 6.07) is 5.63. The lowest BCUT2D eigenvalue weighted by molar-refractivity contribution is 0.782. The predicted molar refractivity (Wildman–Crippen MR) is 58.6 cm³/mol. The van der Waals surface area contributed by atoms with Gasteiger partial charge in [-0.3, -0.25) is 4.68 Å². The van der Waals surface area contributed by atoms with E-state index in [4.69, 9.17) is 5.73 Å². The molecule has 2 N–H and O–H groups in total. The van der Waals surface area contributed by atoms with Crippen LogP contribution in [0.3, 0.4) is 0 Å². The Morgan fingerprint density at radius 1 is 1.50 bits per heavy atom. The maximum Gasteiger partial charge on any atom is 0.121 e. The van der Waals surface area contributed by atoms with Crippen LogP contribution in [0.5, 0.6) is 0 Å². The molecular weight excluding hydrogens is 244 g/mol. The molecule has 0 aliphatic carbocycles. The van der Waals surface area contributed by atoms with Crippen molar-refractivity contribution in [2.75, 3.05) is 5.73 Å². The number of aryl methyl sites for hydroxylation is 1. The molecule has 0 saturated carbocycles. The van der Waals surface area contributed by atoms with E-state index in [0.717, 1.165) is 15.9 Å². The van der Waals surface area contributed by atoms with Crippen molar-refractivity contribution in [1.29, 1.82) is 0 Å². The van der Waals surface area contributed by atoms with E-state index >= 15 is 0 Å². The molecular formula is C9H9BrN4. The lowest BCUT2D eigenvalue weighted by atomic mass is 10.2. The molecule has 0 radical (unpaired) electrons. The van der Waals surface area contributed by atoms with Gasteiger partial charge in [-0.25, -0.2) is 4.98 Å². The van der Waals surface area contributed by atoms with Crippen LogP contribution in [-0.4, -0.2) is 14.8 Å². The summed E-state index contributed by atoms with van der Waals surface area (Å²) in [6.07, 6.45) is 1.72. The molecule has 2 heterocycles. The van der Waals surface area contributed by atoms with E-state index in [1.807, 2.05) is 25.2 Å². The van der Waals surface area contributed by atoms with Crippen molar-refractivity contribution in [2.45, 2.75) is 0 Å². The first-order valence-electron chi connectivity index (χ1n) is 4.09. The van der Waals surface area contributed by atoms with Crippen LogP contribution >= 0.6 is 15.9 Å². The number of halogens is 1. The number of nitrogens with zero attached hydrogens (tertiary/aromatic N) is 3. The monoisotopic (exact) mass is 252 g/mol. The quantitative estimate of drug-likeness (QED) is 0.789. The van der Waals surface area contributed by atoms with Crippen molar-refractivity contribution < 1.29 is 0 Å². The average molecular weight is 253 g/mol. The largest absolute Gasteiger partial charge is 0.384 e. The molecule has 0 bridgehead atoms. The van der Waals surface area contributed by atoms with E-state index in [9.17, 15) is 0 Å². The van der Waals surface area contributed by atoms with Gasteiger partial charge in [0.15, 0.2) is 0 Å². The summed E-state index contributed by atoms with van der Waals surface area (Å²) in [7, 11) is 1.81. The highest BCUT2D eigenvalue weighted by atomic mass is 79.9. The summed E-state index contributed by atoms with van der Waals surface area (Å²) in [5.74, 6) is 0.635. The topological polar surface area (TPSA) is 56.7 Å². The van der Waals surface area contributed by atoms with Gasteiger partial charge in [0.05, 0.1) is 5.69 Å². The van der Waals surface area contributed by atoms with Crippen molar-refractivity contribution in [3.8, 4) is 11.3 Å². The third-order valence-corrected chi connectivity index (χ3v) is 2.58. The molecule has 0 atom stereocenters. The van der Waals surface area contributed by atoms with E-state index in [-0.39, 0.29) is 0 Å². The Morgan fingerprint density at radius 2 is 2.29 bits per heavy atom. The molecule has 0 amide bonds. The molecule has 2 aromatic rings. The Morgan fingerprint density at radius 3 is 2.86 bits per heavy atom. The van der Waals surface area contributed by atoms with Crippen LogP contribution in [0.25, 0.3) is 11.3 Å². The lowest BCUT2D eigenvalue weighted by Gasteiger charge is -1.97. The van der Waals surface area contributed by atoms with Crippen molar-refractivity contribution in [3.63, 3.8) is 0 Å². The Bertz CT molecular complexity index is 444. The van der Waals surface area contributed by atoms with Crippen molar-refractivity contribution in [3.05, 3.63) is 29.0 Å². The molecule has 0 aliphatic rings. The fraction of sp³-hybridized carbons (Fsp3) is 0.111. The van der Waals surface area contributed by atoms with E-state index in [1.54, 1.807) is 10.9 Å². The second kappa shape index (κ2) is 3.42. The molecule has 0 aliphatic heterocycles. The Balaban J connectivity index is 2.55. The van der Waals surface area contributed by atoms with Crippen molar-refractivity contribution >= 4 is 21.7 Å². The Kier molecular flexibility index (Phi) is 2.25. The zero-order valence-corrected chi connectivity index (χ0v) is 9.19. The zero-order chi connectivity index (χ0) is 10.1. The number of rotatable bonds is 1. The number of anilines is 1. The van der Waals surface area contributed by atoms with E-state index in [1.165, 1.54) is 0 Å². The van der Waals surface area contributed by atoms with E-state index < -0.39 is 0 Å². The smallest absolute Gasteiger partial charge is 0.121 e. The minimum Gasteiger partial charge on any atom is -0.384 e. The molecule has 0 aromatic carbocycles. The van der Waals surface area contributed by atoms with Gasteiger partial charge in [-0.2, -0.15) is 5.10 Å². The summed E-state index contributed by atoms with van der Waals surface area (Å²) in [6.45, 7) is 0. The van der Waals surface area contributed by atoms with Crippen molar-refractivity contribution in [1.82, 2.24) is 14.8 Å². The summed E-state index contributed by atoms with van der Waals surface area (Å²) in [5.41, 5.74) is 7.46. The van der Waals surface area contributed by atoms with Crippen LogP contribution in [-0.2, 0) is 7.05 Å². The average Bonchev–Trinajstić information content (AvgIpc) is 2.48. The highest BCUT2D eigenvalue weighted by Gasteiger charge is 2.07.